The Morgan fingerprint density at radius 3 is 2.48 bits per heavy atom. The Morgan fingerprint density at radius 2 is 1.80 bits per heavy atom. The zero-order valence-electron chi connectivity index (χ0n) is 24.2. The smallest absolute Gasteiger partial charge is 0.490 e. The summed E-state index contributed by atoms with van der Waals surface area (Å²) in [5.74, 6) is 0.0889. The molecule has 8 nitrogen and oxygen atoms in total. The van der Waals surface area contributed by atoms with Crippen LogP contribution in [0.25, 0.3) is 0 Å². The quantitative estimate of drug-likeness (QED) is 0.287. The molecule has 0 bridgehead atoms. The fourth-order valence-corrected chi connectivity index (χ4v) is 5.84. The molecule has 4 rings (SSSR count). The number of rotatable bonds is 9. The molecule has 2 aliphatic rings. The van der Waals surface area contributed by atoms with E-state index in [-0.39, 0.29) is 13.2 Å². The summed E-state index contributed by atoms with van der Waals surface area (Å²) < 4.78 is 28.5. The minimum absolute atomic E-state index is 0.129. The average molecular weight is 621 g/mol. The van der Waals surface area contributed by atoms with Gasteiger partial charge in [-0.25, -0.2) is 4.79 Å². The monoisotopic (exact) mass is 619 g/mol. The Hall–Kier alpha value is -2.17. The Bertz CT molecular complexity index is 1150. The number of aliphatic hydroxyl groups is 1. The Kier molecular flexibility index (Phi) is 10.2. The molecule has 0 amide bonds. The van der Waals surface area contributed by atoms with Crippen molar-refractivity contribution in [1.29, 1.82) is 0 Å². The first-order valence-corrected chi connectivity index (χ1v) is 14.7. The highest BCUT2D eigenvalue weighted by atomic mass is 79.9. The summed E-state index contributed by atoms with van der Waals surface area (Å²) in [6.45, 7) is 8.84. The number of ether oxygens (including phenoxy) is 5. The lowest BCUT2D eigenvalue weighted by Gasteiger charge is -2.40. The number of hydrogen-bond donors (Lipinski definition) is 1. The normalized spacial score (nSPS) is 19.5. The molecule has 40 heavy (non-hydrogen) atoms. The first-order valence-electron chi connectivity index (χ1n) is 13.9. The van der Waals surface area contributed by atoms with Crippen LogP contribution in [0.4, 0.5) is 4.79 Å². The molecule has 1 saturated heterocycles. The summed E-state index contributed by atoms with van der Waals surface area (Å²) in [6.07, 6.45) is 2.62. The summed E-state index contributed by atoms with van der Waals surface area (Å²) in [7, 11) is 3.09. The second-order valence-electron chi connectivity index (χ2n) is 11.7. The maximum Gasteiger partial charge on any atom is 0.509 e. The zero-order chi connectivity index (χ0) is 28.9. The third kappa shape index (κ3) is 7.56. The maximum absolute atomic E-state index is 12.0. The predicted molar refractivity (Wildman–Crippen MR) is 155 cm³/mol. The first-order chi connectivity index (χ1) is 19.0. The van der Waals surface area contributed by atoms with Gasteiger partial charge in [-0.1, -0.05) is 34.1 Å². The second kappa shape index (κ2) is 13.2. The van der Waals surface area contributed by atoms with Crippen LogP contribution in [0.15, 0.2) is 40.9 Å². The zero-order valence-corrected chi connectivity index (χ0v) is 25.8. The van der Waals surface area contributed by atoms with Crippen LogP contribution in [0.5, 0.6) is 5.75 Å². The van der Waals surface area contributed by atoms with E-state index in [0.29, 0.717) is 11.7 Å². The minimum atomic E-state index is -1.21. The number of benzene rings is 2. The van der Waals surface area contributed by atoms with E-state index >= 15 is 0 Å². The highest BCUT2D eigenvalue weighted by Gasteiger charge is 2.46. The van der Waals surface area contributed by atoms with Crippen molar-refractivity contribution in [2.45, 2.75) is 70.6 Å². The van der Waals surface area contributed by atoms with E-state index in [1.807, 2.05) is 39.0 Å². The van der Waals surface area contributed by atoms with E-state index in [1.165, 1.54) is 5.56 Å². The molecule has 1 unspecified atom stereocenters. The van der Waals surface area contributed by atoms with Crippen molar-refractivity contribution in [3.8, 4) is 5.75 Å². The molecule has 2 aromatic rings. The van der Waals surface area contributed by atoms with Gasteiger partial charge in [-0.2, -0.15) is 0 Å². The van der Waals surface area contributed by atoms with Crippen LogP contribution in [0, 0.1) is 5.92 Å². The molecule has 1 N–H and O–H groups in total. The number of nitrogens with zero attached hydrogens (tertiary/aromatic N) is 1. The highest BCUT2D eigenvalue weighted by Crippen LogP contribution is 2.41. The Labute approximate surface area is 246 Å². The van der Waals surface area contributed by atoms with Gasteiger partial charge in [0.25, 0.3) is 0 Å². The van der Waals surface area contributed by atoms with Crippen molar-refractivity contribution in [2.75, 3.05) is 40.5 Å². The van der Waals surface area contributed by atoms with Crippen molar-refractivity contribution in [3.05, 3.63) is 63.1 Å². The predicted octanol–water partition coefficient (Wildman–Crippen LogP) is 5.60. The van der Waals surface area contributed by atoms with Crippen LogP contribution in [0.3, 0.4) is 0 Å². The topological polar surface area (TPSA) is 86.7 Å². The molecule has 9 heteroatoms. The minimum Gasteiger partial charge on any atom is -0.490 e. The molecule has 0 radical (unpaired) electrons. The molecular weight excluding hydrogens is 578 g/mol. The number of hydrogen-bond acceptors (Lipinski definition) is 8. The third-order valence-corrected chi connectivity index (χ3v) is 8.43. The number of carbonyl (C=O) groups is 1. The molecule has 0 aliphatic carbocycles. The van der Waals surface area contributed by atoms with Crippen molar-refractivity contribution < 1.29 is 33.6 Å². The van der Waals surface area contributed by atoms with Gasteiger partial charge in [-0.05, 0) is 94.8 Å². The van der Waals surface area contributed by atoms with Crippen molar-refractivity contribution in [1.82, 2.24) is 4.90 Å². The first kappa shape index (κ1) is 30.8. The summed E-state index contributed by atoms with van der Waals surface area (Å²) in [5.41, 5.74) is 3.51. The van der Waals surface area contributed by atoms with Crippen molar-refractivity contribution >= 4 is 22.1 Å². The average Bonchev–Trinajstić information content (AvgIpc) is 2.92. The van der Waals surface area contributed by atoms with Gasteiger partial charge in [-0.15, -0.1) is 0 Å². The van der Waals surface area contributed by atoms with E-state index in [4.69, 9.17) is 23.7 Å². The third-order valence-electron chi connectivity index (χ3n) is 7.65. The van der Waals surface area contributed by atoms with Crippen molar-refractivity contribution in [2.24, 2.45) is 5.92 Å². The van der Waals surface area contributed by atoms with Gasteiger partial charge in [0.2, 0.25) is 5.79 Å². The van der Waals surface area contributed by atoms with Crippen LogP contribution in [-0.4, -0.2) is 68.3 Å². The summed E-state index contributed by atoms with van der Waals surface area (Å²) >= 11 is 3.58. The Morgan fingerprint density at radius 1 is 1.10 bits per heavy atom. The summed E-state index contributed by atoms with van der Waals surface area (Å²) in [4.78, 5) is 14.5. The molecule has 220 valence electrons. The molecule has 2 aromatic carbocycles. The van der Waals surface area contributed by atoms with Gasteiger partial charge in [0.15, 0.2) is 0 Å². The second-order valence-corrected chi connectivity index (χ2v) is 12.5. The number of fused-ring (bicyclic) bond motifs is 1. The summed E-state index contributed by atoms with van der Waals surface area (Å²) in [6, 6.07) is 12.4. The lowest BCUT2D eigenvalue weighted by atomic mass is 9.89. The van der Waals surface area contributed by atoms with Gasteiger partial charge >= 0.3 is 6.16 Å². The molecule has 2 heterocycles. The van der Waals surface area contributed by atoms with Crippen LogP contribution >= 0.6 is 15.9 Å². The number of likely N-dealkylation sites (tertiary alicyclic amines) is 1. The van der Waals surface area contributed by atoms with Gasteiger partial charge in [-0.3, -0.25) is 0 Å². The van der Waals surface area contributed by atoms with Gasteiger partial charge in [0, 0.05) is 30.8 Å². The lowest BCUT2D eigenvalue weighted by Crippen LogP contribution is -2.49. The van der Waals surface area contributed by atoms with E-state index in [2.05, 4.69) is 39.0 Å². The molecule has 1 fully saturated rings. The molecule has 0 saturated carbocycles. The SMILES string of the molecule is COC1(OC)c2cc(CCN3CCC(Cc4ccc(Br)c(COC(=O)OC(C)(C)C)c4)CC3)ccc2OCC1O. The number of methoxy groups -OCH3 is 2. The van der Waals surface area contributed by atoms with E-state index in [0.717, 1.165) is 66.5 Å². The van der Waals surface area contributed by atoms with Gasteiger partial charge in [0.05, 0.1) is 5.56 Å². The largest absolute Gasteiger partial charge is 0.509 e. The van der Waals surface area contributed by atoms with Crippen molar-refractivity contribution in [3.63, 3.8) is 0 Å². The number of piperidine rings is 1. The molecule has 0 spiro atoms. The molecule has 2 aliphatic heterocycles. The van der Waals surface area contributed by atoms with Gasteiger partial charge < -0.3 is 33.7 Å². The Balaban J connectivity index is 1.27. The number of aliphatic hydroxyl groups excluding tert-OH is 1. The molecule has 1 atom stereocenters. The van der Waals surface area contributed by atoms with Crippen LogP contribution in [-0.2, 0) is 44.2 Å². The van der Waals surface area contributed by atoms with E-state index in [1.54, 1.807) is 14.2 Å². The highest BCUT2D eigenvalue weighted by molar-refractivity contribution is 9.10. The standard InChI is InChI=1S/C31H42BrNO7/c1-30(2,3)40-29(35)39-19-24-17-23(6-8-26(24)32)16-22-11-14-33(15-12-22)13-10-21-7-9-27-25(18-21)31(36-4,37-5)28(34)20-38-27/h6-9,17-18,22,28,34H,10-16,19-20H2,1-5H3. The van der Waals surface area contributed by atoms with Crippen LogP contribution in [0.1, 0.15) is 55.9 Å². The fraction of sp³-hybridized carbons (Fsp3) is 0.581. The van der Waals surface area contributed by atoms with E-state index < -0.39 is 23.6 Å². The number of carbonyl (C=O) groups excluding carboxylic acids is 1. The molecule has 0 aromatic heterocycles. The summed E-state index contributed by atoms with van der Waals surface area (Å²) in [5, 5.41) is 10.5. The van der Waals surface area contributed by atoms with Crippen LogP contribution in [0.2, 0.25) is 0 Å². The lowest BCUT2D eigenvalue weighted by molar-refractivity contribution is -0.281. The van der Waals surface area contributed by atoms with Crippen LogP contribution < -0.4 is 4.74 Å². The number of halogens is 1. The fourth-order valence-electron chi connectivity index (χ4n) is 5.48. The molecular formula is C31H42BrNO7. The maximum atomic E-state index is 12.0. The van der Waals surface area contributed by atoms with Gasteiger partial charge in [0.1, 0.15) is 30.7 Å². The van der Waals surface area contributed by atoms with E-state index in [9.17, 15) is 9.90 Å².